The molecular weight excluding hydrogens is 280 g/mol. The zero-order chi connectivity index (χ0) is 16.2. The number of rotatable bonds is 5. The second kappa shape index (κ2) is 7.13. The first-order valence-electron chi connectivity index (χ1n) is 8.04. The molecule has 0 bridgehead atoms. The fraction of sp³-hybridized carbons (Fsp3) is 0.750. The molecule has 0 radical (unpaired) electrons. The van der Waals surface area contributed by atoms with E-state index in [0.29, 0.717) is 6.04 Å². The standard InChI is InChI=1S/C16H28N4O2/c1-13(11-19-9-7-17-12-19)18-10-14-6-5-8-20(14)15(21)22-16(2,3)4/h7,9,12-14,18H,5-6,8,10-11H2,1-4H3. The van der Waals surface area contributed by atoms with Crippen LogP contribution in [0.5, 0.6) is 0 Å². The Kier molecular flexibility index (Phi) is 5.45. The zero-order valence-electron chi connectivity index (χ0n) is 14.1. The van der Waals surface area contributed by atoms with Crippen molar-refractivity contribution in [1.29, 1.82) is 0 Å². The van der Waals surface area contributed by atoms with Gasteiger partial charge in [-0.05, 0) is 40.5 Å². The first-order chi connectivity index (χ1) is 10.3. The molecule has 124 valence electrons. The SMILES string of the molecule is CC(Cn1ccnc1)NCC1CCCN1C(=O)OC(C)(C)C. The van der Waals surface area contributed by atoms with Crippen LogP contribution in [0, 0.1) is 0 Å². The van der Waals surface area contributed by atoms with E-state index in [1.807, 2.05) is 38.2 Å². The van der Waals surface area contributed by atoms with E-state index in [9.17, 15) is 4.79 Å². The number of likely N-dealkylation sites (tertiary alicyclic amines) is 1. The van der Waals surface area contributed by atoms with Crippen LogP contribution in [0.3, 0.4) is 0 Å². The fourth-order valence-electron chi connectivity index (χ4n) is 2.72. The van der Waals surface area contributed by atoms with Gasteiger partial charge in [0, 0.05) is 44.1 Å². The molecule has 6 heteroatoms. The highest BCUT2D eigenvalue weighted by molar-refractivity contribution is 5.69. The molecule has 1 aliphatic rings. The van der Waals surface area contributed by atoms with Crippen LogP contribution >= 0.6 is 0 Å². The largest absolute Gasteiger partial charge is 0.444 e. The number of carbonyl (C=O) groups is 1. The van der Waals surface area contributed by atoms with Crippen LogP contribution in [0.25, 0.3) is 0 Å². The minimum Gasteiger partial charge on any atom is -0.444 e. The Morgan fingerprint density at radius 3 is 2.91 bits per heavy atom. The minimum absolute atomic E-state index is 0.195. The summed E-state index contributed by atoms with van der Waals surface area (Å²) < 4.78 is 7.54. The number of hydrogen-bond donors (Lipinski definition) is 1. The van der Waals surface area contributed by atoms with Gasteiger partial charge in [-0.15, -0.1) is 0 Å². The number of carbonyl (C=O) groups excluding carboxylic acids is 1. The Labute approximate surface area is 132 Å². The Balaban J connectivity index is 1.79. The molecule has 1 amide bonds. The van der Waals surface area contributed by atoms with Crippen molar-refractivity contribution in [1.82, 2.24) is 19.8 Å². The smallest absolute Gasteiger partial charge is 0.410 e. The summed E-state index contributed by atoms with van der Waals surface area (Å²) in [5, 5.41) is 3.51. The monoisotopic (exact) mass is 308 g/mol. The Morgan fingerprint density at radius 1 is 1.50 bits per heavy atom. The predicted octanol–water partition coefficient (Wildman–Crippen LogP) is 2.26. The maximum absolute atomic E-state index is 12.2. The molecule has 6 nitrogen and oxygen atoms in total. The van der Waals surface area contributed by atoms with Crippen molar-refractivity contribution < 1.29 is 9.53 Å². The molecule has 2 rings (SSSR count). The highest BCUT2D eigenvalue weighted by Gasteiger charge is 2.32. The Bertz CT molecular complexity index is 467. The molecule has 1 saturated heterocycles. The summed E-state index contributed by atoms with van der Waals surface area (Å²) in [5.74, 6) is 0. The van der Waals surface area contributed by atoms with E-state index in [2.05, 4.69) is 21.8 Å². The average Bonchev–Trinajstić information content (AvgIpc) is 3.04. The zero-order valence-corrected chi connectivity index (χ0v) is 14.1. The molecule has 2 atom stereocenters. The topological polar surface area (TPSA) is 59.4 Å². The van der Waals surface area contributed by atoms with Gasteiger partial charge in [0.15, 0.2) is 0 Å². The summed E-state index contributed by atoms with van der Waals surface area (Å²) in [5.41, 5.74) is -0.438. The summed E-state index contributed by atoms with van der Waals surface area (Å²) in [6, 6.07) is 0.551. The van der Waals surface area contributed by atoms with Crippen LogP contribution in [-0.2, 0) is 11.3 Å². The highest BCUT2D eigenvalue weighted by atomic mass is 16.6. The van der Waals surface area contributed by atoms with Gasteiger partial charge >= 0.3 is 6.09 Å². The van der Waals surface area contributed by atoms with E-state index in [1.165, 1.54) is 0 Å². The molecule has 1 aliphatic heterocycles. The Hall–Kier alpha value is -1.56. The summed E-state index contributed by atoms with van der Waals surface area (Å²) >= 11 is 0. The summed E-state index contributed by atoms with van der Waals surface area (Å²) in [6.45, 7) is 10.3. The third-order valence-corrected chi connectivity index (χ3v) is 3.75. The molecule has 0 saturated carbocycles. The van der Waals surface area contributed by atoms with Gasteiger partial charge in [-0.2, -0.15) is 0 Å². The lowest BCUT2D eigenvalue weighted by Gasteiger charge is -2.29. The molecule has 1 aromatic rings. The van der Waals surface area contributed by atoms with E-state index in [0.717, 1.165) is 32.5 Å². The molecule has 0 spiro atoms. The molecule has 2 unspecified atom stereocenters. The van der Waals surface area contributed by atoms with E-state index in [4.69, 9.17) is 4.74 Å². The maximum Gasteiger partial charge on any atom is 0.410 e. The van der Waals surface area contributed by atoms with Gasteiger partial charge in [0.25, 0.3) is 0 Å². The quantitative estimate of drug-likeness (QED) is 0.906. The van der Waals surface area contributed by atoms with Gasteiger partial charge in [0.1, 0.15) is 5.60 Å². The molecule has 22 heavy (non-hydrogen) atoms. The Morgan fingerprint density at radius 2 is 2.27 bits per heavy atom. The van der Waals surface area contributed by atoms with Crippen LogP contribution in [0.15, 0.2) is 18.7 Å². The van der Waals surface area contributed by atoms with Crippen LogP contribution in [0.2, 0.25) is 0 Å². The maximum atomic E-state index is 12.2. The van der Waals surface area contributed by atoms with Crippen molar-refractivity contribution >= 4 is 6.09 Å². The number of hydrogen-bond acceptors (Lipinski definition) is 4. The minimum atomic E-state index is -0.438. The normalized spacial score (nSPS) is 20.2. The van der Waals surface area contributed by atoms with Crippen molar-refractivity contribution in [2.24, 2.45) is 0 Å². The molecule has 1 N–H and O–H groups in total. The molecule has 2 heterocycles. The van der Waals surface area contributed by atoms with Crippen LogP contribution in [-0.4, -0.2) is 51.3 Å². The number of nitrogens with zero attached hydrogens (tertiary/aromatic N) is 3. The van der Waals surface area contributed by atoms with Crippen molar-refractivity contribution in [3.8, 4) is 0 Å². The number of amides is 1. The number of nitrogens with one attached hydrogen (secondary N) is 1. The third-order valence-electron chi connectivity index (χ3n) is 3.75. The van der Waals surface area contributed by atoms with E-state index < -0.39 is 5.60 Å². The summed E-state index contributed by atoms with van der Waals surface area (Å²) in [4.78, 5) is 18.1. The van der Waals surface area contributed by atoms with E-state index in [1.54, 1.807) is 6.20 Å². The van der Waals surface area contributed by atoms with Gasteiger partial charge in [0.2, 0.25) is 0 Å². The predicted molar refractivity (Wildman–Crippen MR) is 85.7 cm³/mol. The van der Waals surface area contributed by atoms with Crippen molar-refractivity contribution in [2.75, 3.05) is 13.1 Å². The highest BCUT2D eigenvalue weighted by Crippen LogP contribution is 2.20. The van der Waals surface area contributed by atoms with Crippen molar-refractivity contribution in [2.45, 2.75) is 64.8 Å². The summed E-state index contributed by atoms with van der Waals surface area (Å²) in [7, 11) is 0. The van der Waals surface area contributed by atoms with E-state index in [-0.39, 0.29) is 12.1 Å². The van der Waals surface area contributed by atoms with Gasteiger partial charge in [-0.25, -0.2) is 9.78 Å². The fourth-order valence-corrected chi connectivity index (χ4v) is 2.72. The molecule has 0 aromatic carbocycles. The van der Waals surface area contributed by atoms with Crippen LogP contribution < -0.4 is 5.32 Å². The molecule has 1 aromatic heterocycles. The van der Waals surface area contributed by atoms with Crippen LogP contribution in [0.1, 0.15) is 40.5 Å². The lowest BCUT2D eigenvalue weighted by Crippen LogP contribution is -2.46. The van der Waals surface area contributed by atoms with E-state index >= 15 is 0 Å². The molecule has 0 aliphatic carbocycles. The van der Waals surface area contributed by atoms with Crippen molar-refractivity contribution in [3.05, 3.63) is 18.7 Å². The molecular formula is C16H28N4O2. The second-order valence-corrected chi connectivity index (χ2v) is 7.04. The first kappa shape index (κ1) is 16.8. The van der Waals surface area contributed by atoms with Gasteiger partial charge < -0.3 is 19.5 Å². The number of aromatic nitrogens is 2. The van der Waals surface area contributed by atoms with Gasteiger partial charge in [0.05, 0.1) is 6.33 Å². The lowest BCUT2D eigenvalue weighted by molar-refractivity contribution is 0.0224. The van der Waals surface area contributed by atoms with Crippen LogP contribution in [0.4, 0.5) is 4.79 Å². The van der Waals surface area contributed by atoms with Gasteiger partial charge in [-0.1, -0.05) is 0 Å². The molecule has 1 fully saturated rings. The average molecular weight is 308 g/mol. The first-order valence-corrected chi connectivity index (χ1v) is 8.04. The third kappa shape index (κ3) is 5.02. The lowest BCUT2D eigenvalue weighted by atomic mass is 10.2. The second-order valence-electron chi connectivity index (χ2n) is 7.04. The number of ether oxygens (including phenoxy) is 1. The van der Waals surface area contributed by atoms with Gasteiger partial charge in [-0.3, -0.25) is 0 Å². The summed E-state index contributed by atoms with van der Waals surface area (Å²) in [6.07, 6.45) is 7.44. The number of imidazole rings is 1. The van der Waals surface area contributed by atoms with Crippen molar-refractivity contribution in [3.63, 3.8) is 0 Å².